The van der Waals surface area contributed by atoms with E-state index in [9.17, 15) is 19.6 Å². The van der Waals surface area contributed by atoms with E-state index < -0.39 is 11.0 Å². The van der Waals surface area contributed by atoms with E-state index in [1.54, 1.807) is 4.90 Å². The normalized spacial score (nSPS) is 15.2. The molecule has 23 heavy (non-hydrogen) atoms. The Morgan fingerprint density at radius 3 is 2.65 bits per heavy atom. The first-order chi connectivity index (χ1) is 11.1. The van der Waals surface area contributed by atoms with Crippen LogP contribution < -0.4 is 4.90 Å². The lowest BCUT2D eigenvalue weighted by Crippen LogP contribution is -2.32. The molecule has 1 aliphatic rings. The van der Waals surface area contributed by atoms with Crippen LogP contribution in [-0.2, 0) is 0 Å². The van der Waals surface area contributed by atoms with Crippen LogP contribution in [0.25, 0.3) is 0 Å². The van der Waals surface area contributed by atoms with E-state index in [4.69, 9.17) is 0 Å². The average molecular weight is 317 g/mol. The van der Waals surface area contributed by atoms with Crippen LogP contribution in [0.2, 0.25) is 0 Å². The first kappa shape index (κ1) is 15.4. The highest BCUT2D eigenvalue weighted by atomic mass is 19.1. The van der Waals surface area contributed by atoms with Crippen LogP contribution in [0.4, 0.5) is 15.9 Å². The van der Waals surface area contributed by atoms with Crippen molar-refractivity contribution >= 4 is 11.5 Å². The first-order valence-electron chi connectivity index (χ1n) is 7.36. The Morgan fingerprint density at radius 1 is 1.35 bits per heavy atom. The zero-order valence-electron chi connectivity index (χ0n) is 12.3. The fourth-order valence-corrected chi connectivity index (χ4v) is 2.52. The summed E-state index contributed by atoms with van der Waals surface area (Å²) in [7, 11) is 0. The summed E-state index contributed by atoms with van der Waals surface area (Å²) in [6.07, 6.45) is 2.44. The summed E-state index contributed by atoms with van der Waals surface area (Å²) in [6.45, 7) is 0.175. The number of halogens is 1. The van der Waals surface area contributed by atoms with Crippen molar-refractivity contribution in [3.63, 3.8) is 0 Å². The number of rotatable bonds is 6. The summed E-state index contributed by atoms with van der Waals surface area (Å²) in [5.41, 5.74) is 0.487. The summed E-state index contributed by atoms with van der Waals surface area (Å²) in [5.74, 6) is -0.110. The van der Waals surface area contributed by atoms with Crippen LogP contribution in [0.5, 0.6) is 0 Å². The maximum atomic E-state index is 13.0. The van der Waals surface area contributed by atoms with Crippen molar-refractivity contribution in [2.75, 3.05) is 11.4 Å². The highest BCUT2D eigenvalue weighted by molar-refractivity contribution is 5.58. The number of aliphatic hydroxyl groups excluding tert-OH is 1. The molecule has 1 fully saturated rings. The Balaban J connectivity index is 1.85. The van der Waals surface area contributed by atoms with E-state index >= 15 is 0 Å². The number of benzene rings is 1. The molecule has 3 rings (SSSR count). The fraction of sp³-hybridized carbons (Fsp3) is 0.312. The quantitative estimate of drug-likeness (QED) is 0.654. The molecule has 0 radical (unpaired) electrons. The van der Waals surface area contributed by atoms with Crippen molar-refractivity contribution in [3.05, 3.63) is 64.1 Å². The number of nitro groups is 1. The molecule has 1 N–H and O–H groups in total. The molecule has 1 aromatic heterocycles. The number of nitrogens with zero attached hydrogens (tertiary/aromatic N) is 3. The number of hydrogen-bond acceptors (Lipinski definition) is 5. The zero-order valence-corrected chi connectivity index (χ0v) is 12.3. The third-order valence-corrected chi connectivity index (χ3v) is 3.85. The number of pyridine rings is 1. The third kappa shape index (κ3) is 3.45. The molecule has 0 unspecified atom stereocenters. The summed E-state index contributed by atoms with van der Waals surface area (Å²) in [6, 6.07) is 8.65. The first-order valence-corrected chi connectivity index (χ1v) is 7.36. The van der Waals surface area contributed by atoms with E-state index in [1.807, 2.05) is 0 Å². The summed E-state index contributed by atoms with van der Waals surface area (Å²) >= 11 is 0. The number of hydrogen-bond donors (Lipinski definition) is 1. The second kappa shape index (κ2) is 6.29. The topological polar surface area (TPSA) is 79.5 Å². The summed E-state index contributed by atoms with van der Waals surface area (Å²) < 4.78 is 13.0. The van der Waals surface area contributed by atoms with Gasteiger partial charge in [0, 0.05) is 18.3 Å². The number of aromatic nitrogens is 1. The summed E-state index contributed by atoms with van der Waals surface area (Å²) in [5, 5.41) is 21.6. The Labute approximate surface area is 132 Å². The molecule has 0 amide bonds. The summed E-state index contributed by atoms with van der Waals surface area (Å²) in [4.78, 5) is 16.6. The van der Waals surface area contributed by atoms with Crippen LogP contribution in [-0.4, -0.2) is 27.6 Å². The number of anilines is 1. The lowest BCUT2D eigenvalue weighted by atomic mass is 10.1. The maximum absolute atomic E-state index is 13.0. The van der Waals surface area contributed by atoms with E-state index in [2.05, 4.69) is 4.98 Å². The van der Waals surface area contributed by atoms with Gasteiger partial charge in [-0.05, 0) is 36.6 Å². The smallest absolute Gasteiger partial charge is 0.311 e. The zero-order chi connectivity index (χ0) is 16.4. The van der Waals surface area contributed by atoms with Gasteiger partial charge in [0.1, 0.15) is 5.82 Å². The lowest BCUT2D eigenvalue weighted by molar-refractivity contribution is -0.384. The molecule has 6 nitrogen and oxygen atoms in total. The van der Waals surface area contributed by atoms with Crippen molar-refractivity contribution in [2.24, 2.45) is 0 Å². The highest BCUT2D eigenvalue weighted by Gasteiger charge is 2.35. The fourth-order valence-electron chi connectivity index (χ4n) is 2.52. The Kier molecular flexibility index (Phi) is 4.20. The van der Waals surface area contributed by atoms with E-state index in [-0.39, 0.29) is 29.9 Å². The molecule has 2 aromatic rings. The molecule has 1 saturated carbocycles. The van der Waals surface area contributed by atoms with Gasteiger partial charge in [-0.25, -0.2) is 9.37 Å². The van der Waals surface area contributed by atoms with Crippen molar-refractivity contribution in [3.8, 4) is 0 Å². The predicted octanol–water partition coefficient (Wildman–Crippen LogP) is 2.83. The molecule has 0 bridgehead atoms. The molecule has 1 aliphatic carbocycles. The van der Waals surface area contributed by atoms with Crippen LogP contribution in [0.3, 0.4) is 0 Å². The van der Waals surface area contributed by atoms with Crippen LogP contribution >= 0.6 is 0 Å². The van der Waals surface area contributed by atoms with Gasteiger partial charge < -0.3 is 10.0 Å². The van der Waals surface area contributed by atoms with Gasteiger partial charge in [-0.15, -0.1) is 0 Å². The van der Waals surface area contributed by atoms with Crippen LogP contribution in [0.15, 0.2) is 42.6 Å². The molecule has 7 heteroatoms. The molecule has 0 spiro atoms. The molecular weight excluding hydrogens is 301 g/mol. The van der Waals surface area contributed by atoms with E-state index in [0.717, 1.165) is 12.8 Å². The molecule has 1 atom stereocenters. The molecule has 0 saturated heterocycles. The highest BCUT2D eigenvalue weighted by Crippen LogP contribution is 2.36. The van der Waals surface area contributed by atoms with Crippen molar-refractivity contribution in [2.45, 2.75) is 25.0 Å². The minimum atomic E-state index is -0.877. The third-order valence-electron chi connectivity index (χ3n) is 3.85. The predicted molar refractivity (Wildman–Crippen MR) is 82.6 cm³/mol. The van der Waals surface area contributed by atoms with Gasteiger partial charge in [-0.3, -0.25) is 10.1 Å². The van der Waals surface area contributed by atoms with Gasteiger partial charge in [0.25, 0.3) is 0 Å². The van der Waals surface area contributed by atoms with E-state index in [1.165, 1.54) is 42.6 Å². The largest absolute Gasteiger partial charge is 0.387 e. The molecule has 120 valence electrons. The molecular formula is C16H16FN3O3. The monoisotopic (exact) mass is 317 g/mol. The Morgan fingerprint density at radius 2 is 2.04 bits per heavy atom. The van der Waals surface area contributed by atoms with E-state index in [0.29, 0.717) is 5.56 Å². The van der Waals surface area contributed by atoms with Crippen LogP contribution in [0.1, 0.15) is 24.5 Å². The Hall–Kier alpha value is -2.54. The molecule has 0 aliphatic heterocycles. The van der Waals surface area contributed by atoms with Gasteiger partial charge in [0.2, 0.25) is 5.82 Å². The Bertz CT molecular complexity index is 704. The lowest BCUT2D eigenvalue weighted by Gasteiger charge is -2.26. The molecule has 1 aromatic carbocycles. The minimum absolute atomic E-state index is 0.0780. The van der Waals surface area contributed by atoms with Gasteiger partial charge in [-0.1, -0.05) is 12.1 Å². The van der Waals surface area contributed by atoms with Crippen molar-refractivity contribution < 1.29 is 14.4 Å². The number of aliphatic hydroxyl groups is 1. The van der Waals surface area contributed by atoms with Gasteiger partial charge >= 0.3 is 5.69 Å². The van der Waals surface area contributed by atoms with Gasteiger partial charge in [0.15, 0.2) is 0 Å². The van der Waals surface area contributed by atoms with Gasteiger partial charge in [0.05, 0.1) is 17.6 Å². The second-order valence-corrected chi connectivity index (χ2v) is 5.55. The molecule has 1 heterocycles. The minimum Gasteiger partial charge on any atom is -0.387 e. The maximum Gasteiger partial charge on any atom is 0.311 e. The van der Waals surface area contributed by atoms with Crippen LogP contribution in [0, 0.1) is 15.9 Å². The average Bonchev–Trinajstić information content (AvgIpc) is 3.38. The second-order valence-electron chi connectivity index (χ2n) is 5.55. The van der Waals surface area contributed by atoms with Crippen molar-refractivity contribution in [1.29, 1.82) is 0 Å². The van der Waals surface area contributed by atoms with Crippen molar-refractivity contribution in [1.82, 2.24) is 4.98 Å². The SMILES string of the molecule is O=[N+]([O-])c1cccnc1N(C[C@@H](O)c1ccc(F)cc1)C1CC1. The van der Waals surface area contributed by atoms with Gasteiger partial charge in [-0.2, -0.15) is 0 Å². The standard InChI is InChI=1S/C16H16FN3O3/c17-12-5-3-11(4-6-12)15(21)10-19(13-7-8-13)16-14(20(22)23)2-1-9-18-16/h1-6,9,13,15,21H,7-8,10H2/t15-/m1/s1.